The Kier molecular flexibility index (Phi) is 2.19. The average molecular weight is 129 g/mol. The number of rotatable bonds is 1. The van der Waals surface area contributed by atoms with Gasteiger partial charge in [0, 0.05) is 6.54 Å². The Hall–Kier alpha value is -0.410. The normalized spacial score (nSPS) is 27.9. The minimum atomic E-state index is -0.334. The van der Waals surface area contributed by atoms with Crippen LogP contribution in [0.4, 0.5) is 0 Å². The van der Waals surface area contributed by atoms with Crippen LogP contribution < -0.4 is 5.32 Å². The molecule has 1 fully saturated rings. The Morgan fingerprint density at radius 3 is 2.89 bits per heavy atom. The average Bonchev–Trinajstić information content (AvgIpc) is 1.90. The van der Waals surface area contributed by atoms with Crippen molar-refractivity contribution in [3.8, 4) is 0 Å². The lowest BCUT2D eigenvalue weighted by Gasteiger charge is -2.21. The van der Waals surface area contributed by atoms with E-state index in [9.17, 15) is 4.79 Å². The van der Waals surface area contributed by atoms with Crippen LogP contribution in [-0.4, -0.2) is 25.2 Å². The predicted octanol–water partition coefficient (Wildman–Crippen LogP) is -0.0886. The summed E-state index contributed by atoms with van der Waals surface area (Å²) in [6, 6.07) is 0. The molecule has 0 aromatic heterocycles. The number of hydrogen-bond acceptors (Lipinski definition) is 3. The fourth-order valence-electron chi connectivity index (χ4n) is 0.827. The predicted molar refractivity (Wildman–Crippen MR) is 33.0 cm³/mol. The van der Waals surface area contributed by atoms with Gasteiger partial charge >= 0.3 is 0 Å². The lowest BCUT2D eigenvalue weighted by atomic mass is 10.3. The molecule has 1 heterocycles. The number of Topliss-reactive ketones (excluding diaryl/α,β-unsaturated/α-hetero) is 1. The molecule has 0 spiro atoms. The van der Waals surface area contributed by atoms with Gasteiger partial charge in [-0.2, -0.15) is 0 Å². The van der Waals surface area contributed by atoms with Crippen molar-refractivity contribution in [3.63, 3.8) is 0 Å². The van der Waals surface area contributed by atoms with E-state index in [0.717, 1.165) is 13.0 Å². The van der Waals surface area contributed by atoms with Gasteiger partial charge in [-0.15, -0.1) is 0 Å². The van der Waals surface area contributed by atoms with Crippen molar-refractivity contribution < 1.29 is 9.53 Å². The maximum atomic E-state index is 10.6. The van der Waals surface area contributed by atoms with Gasteiger partial charge < -0.3 is 4.74 Å². The van der Waals surface area contributed by atoms with Crippen molar-refractivity contribution in [1.82, 2.24) is 5.32 Å². The summed E-state index contributed by atoms with van der Waals surface area (Å²) in [5.74, 6) is 0.0645. The lowest BCUT2D eigenvalue weighted by Crippen LogP contribution is -2.42. The van der Waals surface area contributed by atoms with E-state index in [1.165, 1.54) is 6.92 Å². The van der Waals surface area contributed by atoms with Crippen molar-refractivity contribution in [3.05, 3.63) is 0 Å². The van der Waals surface area contributed by atoms with Gasteiger partial charge in [-0.25, -0.2) is 0 Å². The van der Waals surface area contributed by atoms with Gasteiger partial charge in [0.1, 0.15) is 0 Å². The van der Waals surface area contributed by atoms with Gasteiger partial charge in [0.2, 0.25) is 0 Å². The zero-order valence-corrected chi connectivity index (χ0v) is 5.52. The molecule has 3 nitrogen and oxygen atoms in total. The van der Waals surface area contributed by atoms with Crippen LogP contribution in [0, 0.1) is 0 Å². The maximum Gasteiger partial charge on any atom is 0.173 e. The van der Waals surface area contributed by atoms with Crippen LogP contribution in [0.25, 0.3) is 0 Å². The lowest BCUT2D eigenvalue weighted by molar-refractivity contribution is -0.132. The molecule has 1 rings (SSSR count). The highest BCUT2D eigenvalue weighted by Gasteiger charge is 2.16. The number of carbonyl (C=O) groups is 1. The summed E-state index contributed by atoms with van der Waals surface area (Å²) in [5, 5.41) is 2.95. The topological polar surface area (TPSA) is 38.3 Å². The van der Waals surface area contributed by atoms with Crippen LogP contribution in [0.1, 0.15) is 13.3 Å². The quantitative estimate of drug-likeness (QED) is 0.537. The molecule has 3 heteroatoms. The summed E-state index contributed by atoms with van der Waals surface area (Å²) < 4.78 is 5.08. The Bertz CT molecular complexity index is 108. The summed E-state index contributed by atoms with van der Waals surface area (Å²) in [6.07, 6.45) is 0.669. The van der Waals surface area contributed by atoms with E-state index in [0.29, 0.717) is 6.61 Å². The molecule has 1 unspecified atom stereocenters. The number of nitrogens with one attached hydrogen (secondary N) is 1. The highest BCUT2D eigenvalue weighted by Crippen LogP contribution is 1.97. The largest absolute Gasteiger partial charge is 0.356 e. The SMILES string of the molecule is CC(=O)C1NCCCO1. The molecule has 0 saturated carbocycles. The monoisotopic (exact) mass is 129 g/mol. The van der Waals surface area contributed by atoms with Gasteiger partial charge in [0.25, 0.3) is 0 Å². The maximum absolute atomic E-state index is 10.6. The molecule has 0 amide bonds. The smallest absolute Gasteiger partial charge is 0.173 e. The summed E-state index contributed by atoms with van der Waals surface area (Å²) in [7, 11) is 0. The minimum Gasteiger partial charge on any atom is -0.356 e. The molecule has 0 radical (unpaired) electrons. The number of ketones is 1. The third-order valence-corrected chi connectivity index (χ3v) is 1.30. The third-order valence-electron chi connectivity index (χ3n) is 1.30. The minimum absolute atomic E-state index is 0.0645. The van der Waals surface area contributed by atoms with Gasteiger partial charge in [-0.3, -0.25) is 10.1 Å². The highest BCUT2D eigenvalue weighted by atomic mass is 16.5. The molecule has 1 aliphatic rings. The molecule has 1 atom stereocenters. The van der Waals surface area contributed by atoms with E-state index in [1.807, 2.05) is 0 Å². The highest BCUT2D eigenvalue weighted by molar-refractivity contribution is 5.80. The molecule has 1 N–H and O–H groups in total. The second-order valence-electron chi connectivity index (χ2n) is 2.17. The van der Waals surface area contributed by atoms with Crippen LogP contribution >= 0.6 is 0 Å². The van der Waals surface area contributed by atoms with E-state index in [2.05, 4.69) is 5.32 Å². The van der Waals surface area contributed by atoms with Gasteiger partial charge in [-0.05, 0) is 13.3 Å². The summed E-state index contributed by atoms with van der Waals surface area (Å²) in [5.41, 5.74) is 0. The first kappa shape index (κ1) is 6.71. The van der Waals surface area contributed by atoms with Crippen molar-refractivity contribution >= 4 is 5.78 Å². The van der Waals surface area contributed by atoms with E-state index < -0.39 is 0 Å². The van der Waals surface area contributed by atoms with E-state index in [1.54, 1.807) is 0 Å². The standard InChI is InChI=1S/C6H11NO2/c1-5(8)6-7-3-2-4-9-6/h6-7H,2-4H2,1H3. The zero-order chi connectivity index (χ0) is 6.69. The first-order chi connectivity index (χ1) is 4.30. The van der Waals surface area contributed by atoms with Crippen molar-refractivity contribution in [1.29, 1.82) is 0 Å². The molecule has 0 aromatic carbocycles. The Labute approximate surface area is 54.4 Å². The molecule has 0 bridgehead atoms. The fourth-order valence-corrected chi connectivity index (χ4v) is 0.827. The molecule has 52 valence electrons. The first-order valence-electron chi connectivity index (χ1n) is 3.16. The number of ether oxygens (including phenoxy) is 1. The van der Waals surface area contributed by atoms with Crippen LogP contribution in [0.3, 0.4) is 0 Å². The molecule has 1 saturated heterocycles. The first-order valence-corrected chi connectivity index (χ1v) is 3.16. The molecule has 1 aliphatic heterocycles. The van der Waals surface area contributed by atoms with Gasteiger partial charge in [0.05, 0.1) is 6.61 Å². The number of hydrogen-bond donors (Lipinski definition) is 1. The molecular formula is C6H11NO2. The van der Waals surface area contributed by atoms with Crippen molar-refractivity contribution in [2.45, 2.75) is 19.6 Å². The van der Waals surface area contributed by atoms with E-state index in [4.69, 9.17) is 4.74 Å². The van der Waals surface area contributed by atoms with Crippen molar-refractivity contribution in [2.24, 2.45) is 0 Å². The van der Waals surface area contributed by atoms with Crippen LogP contribution in [0.15, 0.2) is 0 Å². The van der Waals surface area contributed by atoms with Crippen LogP contribution in [0.2, 0.25) is 0 Å². The van der Waals surface area contributed by atoms with Crippen molar-refractivity contribution in [2.75, 3.05) is 13.2 Å². The second-order valence-corrected chi connectivity index (χ2v) is 2.17. The molecular weight excluding hydrogens is 118 g/mol. The summed E-state index contributed by atoms with van der Waals surface area (Å²) in [6.45, 7) is 3.13. The molecule has 0 aliphatic carbocycles. The van der Waals surface area contributed by atoms with E-state index in [-0.39, 0.29) is 12.0 Å². The Balaban J connectivity index is 2.31. The van der Waals surface area contributed by atoms with Crippen LogP contribution in [0.5, 0.6) is 0 Å². The second kappa shape index (κ2) is 2.94. The Morgan fingerprint density at radius 2 is 2.56 bits per heavy atom. The van der Waals surface area contributed by atoms with Crippen LogP contribution in [-0.2, 0) is 9.53 Å². The van der Waals surface area contributed by atoms with Gasteiger partial charge in [-0.1, -0.05) is 0 Å². The fraction of sp³-hybridized carbons (Fsp3) is 0.833. The third kappa shape index (κ3) is 1.77. The summed E-state index contributed by atoms with van der Waals surface area (Å²) >= 11 is 0. The van der Waals surface area contributed by atoms with E-state index >= 15 is 0 Å². The molecule has 9 heavy (non-hydrogen) atoms. The summed E-state index contributed by atoms with van der Waals surface area (Å²) in [4.78, 5) is 10.6. The zero-order valence-electron chi connectivity index (χ0n) is 5.52. The molecule has 0 aromatic rings. The van der Waals surface area contributed by atoms with Gasteiger partial charge in [0.15, 0.2) is 12.0 Å². The Morgan fingerprint density at radius 1 is 1.78 bits per heavy atom. The number of carbonyl (C=O) groups excluding carboxylic acids is 1.